The monoisotopic (exact) mass is 513 g/mol. The highest BCUT2D eigenvalue weighted by molar-refractivity contribution is 5.98. The number of hydrogen-bond donors (Lipinski definition) is 6. The van der Waals surface area contributed by atoms with Gasteiger partial charge in [0.05, 0.1) is 49.4 Å². The van der Waals surface area contributed by atoms with Crippen molar-refractivity contribution in [3.63, 3.8) is 0 Å². The minimum Gasteiger partial charge on any atom is -0.504 e. The van der Waals surface area contributed by atoms with Crippen LogP contribution >= 0.6 is 0 Å². The van der Waals surface area contributed by atoms with E-state index in [-0.39, 0.29) is 71.0 Å². The molecular weight excluding hydrogens is 480 g/mol. The Bertz CT molecular complexity index is 1190. The number of carbonyl (C=O) groups is 4. The van der Waals surface area contributed by atoms with Gasteiger partial charge in [0, 0.05) is 26.9 Å². The first kappa shape index (κ1) is 27.4. The highest BCUT2D eigenvalue weighted by atomic mass is 16.3. The number of hydrogen-bond acceptors (Lipinski definition) is 7. The summed E-state index contributed by atoms with van der Waals surface area (Å²) in [6.45, 7) is 5.36. The Morgan fingerprint density at radius 3 is 1.59 bits per heavy atom. The zero-order valence-electron chi connectivity index (χ0n) is 21.1. The number of nitrogens with one attached hydrogen (secondary N) is 4. The fourth-order valence-corrected chi connectivity index (χ4v) is 4.10. The van der Waals surface area contributed by atoms with Gasteiger partial charge in [-0.05, 0) is 24.3 Å². The quantitative estimate of drug-likeness (QED) is 0.229. The van der Waals surface area contributed by atoms with Crippen LogP contribution in [0.3, 0.4) is 0 Å². The van der Waals surface area contributed by atoms with Crippen molar-refractivity contribution in [1.29, 1.82) is 0 Å². The van der Waals surface area contributed by atoms with Crippen LogP contribution in [0.25, 0.3) is 0 Å². The first-order valence-electron chi connectivity index (χ1n) is 11.8. The molecule has 6 N–H and O–H groups in total. The van der Waals surface area contributed by atoms with Crippen LogP contribution in [-0.4, -0.2) is 89.5 Å². The average molecular weight is 514 g/mol. The molecule has 1 heterocycles. The third-order valence-electron chi connectivity index (χ3n) is 6.05. The number of likely N-dealkylation sites (N-methyl/N-ethyl adjacent to an activating group) is 1. The van der Waals surface area contributed by atoms with Crippen LogP contribution in [0.4, 0.5) is 22.7 Å². The molecule has 0 radical (unpaired) electrons. The molecule has 0 aromatic heterocycles. The lowest BCUT2D eigenvalue weighted by Crippen LogP contribution is -2.60. The molecular formula is C25H33N6O6+. The summed E-state index contributed by atoms with van der Waals surface area (Å²) in [7, 11) is 1.95. The lowest BCUT2D eigenvalue weighted by molar-refractivity contribution is -0.905. The number of piperazine rings is 1. The van der Waals surface area contributed by atoms with Crippen molar-refractivity contribution >= 4 is 46.4 Å². The number of amides is 4. The van der Waals surface area contributed by atoms with E-state index < -0.39 is 0 Å². The van der Waals surface area contributed by atoms with Crippen molar-refractivity contribution in [3.05, 3.63) is 36.4 Å². The Morgan fingerprint density at radius 1 is 0.757 bits per heavy atom. The van der Waals surface area contributed by atoms with E-state index in [0.29, 0.717) is 30.7 Å². The van der Waals surface area contributed by atoms with Gasteiger partial charge in [-0.2, -0.15) is 0 Å². The van der Waals surface area contributed by atoms with Crippen molar-refractivity contribution in [1.82, 2.24) is 4.90 Å². The minimum atomic E-state index is -0.336. The highest BCUT2D eigenvalue weighted by Gasteiger charge is 2.32. The maximum absolute atomic E-state index is 12.7. The Morgan fingerprint density at radius 2 is 1.16 bits per heavy atom. The zero-order chi connectivity index (χ0) is 27.2. The van der Waals surface area contributed by atoms with E-state index in [1.165, 1.54) is 26.0 Å². The summed E-state index contributed by atoms with van der Waals surface area (Å²) in [5, 5.41) is 31.0. The highest BCUT2D eigenvalue weighted by Crippen LogP contribution is 2.32. The molecule has 2 aromatic rings. The summed E-state index contributed by atoms with van der Waals surface area (Å²) < 4.78 is 0.454. The molecule has 12 heteroatoms. The molecule has 1 fully saturated rings. The standard InChI is InChI=1S/C25H32N6O6/c1-16(32)26-18-6-4-8-20(24(18)36)28-22(34)14-30-10-12-31(3,13-11-30)15-23(35)29-21-9-5-7-19(25(21)37)27-17(2)33/h4-9H,10-15H2,1-3H3,(H5-,26,27,28,29,32,33,34,35,36,37)/p+1. The second-order valence-corrected chi connectivity index (χ2v) is 9.36. The van der Waals surface area contributed by atoms with Crippen LogP contribution in [0.2, 0.25) is 0 Å². The predicted octanol–water partition coefficient (Wildman–Crippen LogP) is 1.35. The maximum Gasteiger partial charge on any atom is 0.279 e. The summed E-state index contributed by atoms with van der Waals surface area (Å²) in [6, 6.07) is 9.41. The topological polar surface area (TPSA) is 160 Å². The maximum atomic E-state index is 12.7. The Kier molecular flexibility index (Phi) is 8.69. The second-order valence-electron chi connectivity index (χ2n) is 9.36. The van der Waals surface area contributed by atoms with Crippen LogP contribution in [0.5, 0.6) is 11.5 Å². The molecule has 0 bridgehead atoms. The number of phenols is 2. The molecule has 198 valence electrons. The molecule has 0 spiro atoms. The fraction of sp³-hybridized carbons (Fsp3) is 0.360. The Balaban J connectivity index is 1.50. The van der Waals surface area contributed by atoms with Crippen molar-refractivity contribution in [2.24, 2.45) is 0 Å². The lowest BCUT2D eigenvalue weighted by Gasteiger charge is -2.41. The zero-order valence-corrected chi connectivity index (χ0v) is 21.1. The molecule has 4 amide bonds. The van der Waals surface area contributed by atoms with Gasteiger partial charge < -0.3 is 36.0 Å². The van der Waals surface area contributed by atoms with E-state index in [1.807, 2.05) is 11.9 Å². The normalized spacial score (nSPS) is 14.9. The van der Waals surface area contributed by atoms with Crippen molar-refractivity contribution < 1.29 is 33.9 Å². The van der Waals surface area contributed by atoms with Gasteiger partial charge >= 0.3 is 0 Å². The van der Waals surface area contributed by atoms with Gasteiger partial charge in [0.2, 0.25) is 17.7 Å². The number of anilines is 4. The van der Waals surface area contributed by atoms with Gasteiger partial charge in [0.15, 0.2) is 18.0 Å². The fourth-order valence-electron chi connectivity index (χ4n) is 4.10. The molecule has 12 nitrogen and oxygen atoms in total. The Labute approximate surface area is 214 Å². The molecule has 0 unspecified atom stereocenters. The van der Waals surface area contributed by atoms with Crippen LogP contribution in [0.1, 0.15) is 13.8 Å². The first-order valence-corrected chi connectivity index (χ1v) is 11.8. The average Bonchev–Trinajstić information content (AvgIpc) is 2.80. The Hall–Kier alpha value is -4.16. The van der Waals surface area contributed by atoms with Crippen LogP contribution < -0.4 is 21.3 Å². The van der Waals surface area contributed by atoms with E-state index in [0.717, 1.165) is 0 Å². The van der Waals surface area contributed by atoms with Crippen molar-refractivity contribution in [2.75, 3.05) is 67.6 Å². The van der Waals surface area contributed by atoms with Gasteiger partial charge in [0.1, 0.15) is 0 Å². The predicted molar refractivity (Wildman–Crippen MR) is 139 cm³/mol. The van der Waals surface area contributed by atoms with Gasteiger partial charge in [-0.25, -0.2) is 0 Å². The SMILES string of the molecule is CC(=O)Nc1cccc(NC(=O)CN2CC[N+](C)(CC(=O)Nc3cccc(NC(C)=O)c3O)CC2)c1O. The minimum absolute atomic E-state index is 0.111. The summed E-state index contributed by atoms with van der Waals surface area (Å²) in [6.07, 6.45) is 0. The number of rotatable bonds is 8. The molecule has 3 rings (SSSR count). The van der Waals surface area contributed by atoms with Crippen LogP contribution in [-0.2, 0) is 19.2 Å². The molecule has 1 saturated heterocycles. The number of para-hydroxylation sites is 2. The molecule has 1 aliphatic rings. The molecule has 0 saturated carbocycles. The van der Waals surface area contributed by atoms with Crippen molar-refractivity contribution in [3.8, 4) is 11.5 Å². The number of nitrogens with zero attached hydrogens (tertiary/aromatic N) is 2. The molecule has 37 heavy (non-hydrogen) atoms. The number of carbonyl (C=O) groups excluding carboxylic acids is 4. The number of phenolic OH excluding ortho intramolecular Hbond substituents is 2. The molecule has 2 aromatic carbocycles. The summed E-state index contributed by atoms with van der Waals surface area (Å²) in [4.78, 5) is 49.8. The second kappa shape index (κ2) is 11.7. The molecule has 1 aliphatic heterocycles. The number of benzene rings is 2. The number of quaternary nitrogens is 1. The van der Waals surface area contributed by atoms with E-state index >= 15 is 0 Å². The van der Waals surface area contributed by atoms with E-state index in [1.54, 1.807) is 24.3 Å². The van der Waals surface area contributed by atoms with Gasteiger partial charge in [0.25, 0.3) is 5.91 Å². The molecule has 0 atom stereocenters. The first-order chi connectivity index (χ1) is 17.5. The largest absolute Gasteiger partial charge is 0.504 e. The number of aromatic hydroxyl groups is 2. The van der Waals surface area contributed by atoms with Gasteiger partial charge in [-0.1, -0.05) is 12.1 Å². The van der Waals surface area contributed by atoms with E-state index in [2.05, 4.69) is 21.3 Å². The van der Waals surface area contributed by atoms with E-state index in [4.69, 9.17) is 0 Å². The summed E-state index contributed by atoms with van der Waals surface area (Å²) in [5.41, 5.74) is 0.845. The third kappa shape index (κ3) is 7.66. The molecule has 0 aliphatic carbocycles. The van der Waals surface area contributed by atoms with Crippen LogP contribution in [0, 0.1) is 0 Å². The van der Waals surface area contributed by atoms with Crippen LogP contribution in [0.15, 0.2) is 36.4 Å². The van der Waals surface area contributed by atoms with Gasteiger partial charge in [-0.3, -0.25) is 24.1 Å². The van der Waals surface area contributed by atoms with Crippen molar-refractivity contribution in [2.45, 2.75) is 13.8 Å². The third-order valence-corrected chi connectivity index (χ3v) is 6.05. The lowest BCUT2D eigenvalue weighted by atomic mass is 10.2. The smallest absolute Gasteiger partial charge is 0.279 e. The van der Waals surface area contributed by atoms with E-state index in [9.17, 15) is 29.4 Å². The summed E-state index contributed by atoms with van der Waals surface area (Å²) >= 11 is 0. The van der Waals surface area contributed by atoms with Gasteiger partial charge in [-0.15, -0.1) is 0 Å². The summed E-state index contributed by atoms with van der Waals surface area (Å²) in [5.74, 6) is -1.68.